The van der Waals surface area contributed by atoms with E-state index in [1.54, 1.807) is 18.3 Å². The van der Waals surface area contributed by atoms with E-state index in [9.17, 15) is 0 Å². The Morgan fingerprint density at radius 1 is 1.12 bits per heavy atom. The molecule has 0 saturated heterocycles. The van der Waals surface area contributed by atoms with Gasteiger partial charge in [-0.1, -0.05) is 35.0 Å². The standard InChI is InChI=1S/C18H19N5OS/c1-12-4-6-14(7-5-12)17-15(23-8-9-25-18(23)20-17)10-22(3)11-16-19-13(2)24-21-16/h4-9H,10-11H2,1-3H3. The maximum atomic E-state index is 5.06. The Labute approximate surface area is 149 Å². The smallest absolute Gasteiger partial charge is 0.223 e. The van der Waals surface area contributed by atoms with Gasteiger partial charge in [-0.05, 0) is 14.0 Å². The number of aromatic nitrogens is 4. The highest BCUT2D eigenvalue weighted by Gasteiger charge is 2.17. The summed E-state index contributed by atoms with van der Waals surface area (Å²) in [5.41, 5.74) is 4.59. The van der Waals surface area contributed by atoms with E-state index in [1.807, 2.05) is 0 Å². The van der Waals surface area contributed by atoms with Gasteiger partial charge in [-0.25, -0.2) is 4.98 Å². The third kappa shape index (κ3) is 3.20. The normalized spacial score (nSPS) is 11.7. The second-order valence-electron chi connectivity index (χ2n) is 6.23. The molecule has 1 aromatic carbocycles. The van der Waals surface area contributed by atoms with Crippen LogP contribution >= 0.6 is 11.3 Å². The van der Waals surface area contributed by atoms with Crippen molar-refractivity contribution in [3.8, 4) is 11.3 Å². The van der Waals surface area contributed by atoms with E-state index in [4.69, 9.17) is 9.51 Å². The molecule has 0 amide bonds. The molecule has 0 fully saturated rings. The summed E-state index contributed by atoms with van der Waals surface area (Å²) >= 11 is 1.65. The molecule has 0 N–H and O–H groups in total. The van der Waals surface area contributed by atoms with Crippen LogP contribution in [-0.4, -0.2) is 31.5 Å². The van der Waals surface area contributed by atoms with Crippen molar-refractivity contribution in [2.24, 2.45) is 0 Å². The molecular formula is C18H19N5OS. The zero-order chi connectivity index (χ0) is 17.4. The van der Waals surface area contributed by atoms with Crippen molar-refractivity contribution >= 4 is 16.3 Å². The van der Waals surface area contributed by atoms with Gasteiger partial charge in [0.25, 0.3) is 0 Å². The minimum absolute atomic E-state index is 0.591. The van der Waals surface area contributed by atoms with Crippen molar-refractivity contribution in [2.45, 2.75) is 26.9 Å². The summed E-state index contributed by atoms with van der Waals surface area (Å²) in [6, 6.07) is 8.51. The van der Waals surface area contributed by atoms with Crippen LogP contribution in [0, 0.1) is 13.8 Å². The Bertz CT molecular complexity index is 998. The molecule has 0 radical (unpaired) electrons. The van der Waals surface area contributed by atoms with Crippen molar-refractivity contribution in [3.63, 3.8) is 0 Å². The first-order valence-corrected chi connectivity index (χ1v) is 8.97. The molecule has 4 aromatic rings. The van der Waals surface area contributed by atoms with E-state index in [0.29, 0.717) is 18.3 Å². The van der Waals surface area contributed by atoms with Gasteiger partial charge in [-0.3, -0.25) is 9.30 Å². The van der Waals surface area contributed by atoms with E-state index in [2.05, 4.69) is 69.3 Å². The summed E-state index contributed by atoms with van der Waals surface area (Å²) in [6.45, 7) is 5.27. The Morgan fingerprint density at radius 2 is 1.92 bits per heavy atom. The molecular weight excluding hydrogens is 334 g/mol. The molecule has 0 aliphatic heterocycles. The van der Waals surface area contributed by atoms with Crippen molar-refractivity contribution in [1.82, 2.24) is 24.4 Å². The number of nitrogens with zero attached hydrogens (tertiary/aromatic N) is 5. The highest BCUT2D eigenvalue weighted by Crippen LogP contribution is 2.28. The van der Waals surface area contributed by atoms with Crippen LogP contribution in [0.15, 0.2) is 40.4 Å². The van der Waals surface area contributed by atoms with E-state index < -0.39 is 0 Å². The average Bonchev–Trinajstić information content (AvgIpc) is 3.27. The number of benzene rings is 1. The number of rotatable bonds is 5. The number of aryl methyl sites for hydroxylation is 2. The highest BCUT2D eigenvalue weighted by molar-refractivity contribution is 7.15. The van der Waals surface area contributed by atoms with Crippen molar-refractivity contribution in [1.29, 1.82) is 0 Å². The third-order valence-corrected chi connectivity index (χ3v) is 4.84. The summed E-state index contributed by atoms with van der Waals surface area (Å²) < 4.78 is 7.22. The van der Waals surface area contributed by atoms with Crippen molar-refractivity contribution in [3.05, 3.63) is 58.8 Å². The summed E-state index contributed by atoms with van der Waals surface area (Å²) in [5, 5.41) is 6.04. The van der Waals surface area contributed by atoms with Crippen molar-refractivity contribution < 1.29 is 4.52 Å². The summed E-state index contributed by atoms with van der Waals surface area (Å²) in [5.74, 6) is 1.29. The van der Waals surface area contributed by atoms with Gasteiger partial charge in [0.05, 0.1) is 17.9 Å². The fraction of sp³-hybridized carbons (Fsp3) is 0.278. The maximum Gasteiger partial charge on any atom is 0.223 e. The minimum atomic E-state index is 0.591. The van der Waals surface area contributed by atoms with Crippen LogP contribution in [0.4, 0.5) is 0 Å². The first-order valence-electron chi connectivity index (χ1n) is 8.09. The second-order valence-corrected chi connectivity index (χ2v) is 7.10. The molecule has 3 heterocycles. The van der Waals surface area contributed by atoms with Crippen LogP contribution in [0.1, 0.15) is 23.0 Å². The summed E-state index contributed by atoms with van der Waals surface area (Å²) in [4.78, 5) is 12.3. The average molecular weight is 353 g/mol. The molecule has 0 aliphatic rings. The highest BCUT2D eigenvalue weighted by atomic mass is 32.1. The van der Waals surface area contributed by atoms with Gasteiger partial charge in [0, 0.05) is 30.6 Å². The maximum absolute atomic E-state index is 5.06. The monoisotopic (exact) mass is 353 g/mol. The quantitative estimate of drug-likeness (QED) is 0.547. The van der Waals surface area contributed by atoms with E-state index in [0.717, 1.165) is 22.8 Å². The van der Waals surface area contributed by atoms with E-state index in [1.165, 1.54) is 11.3 Å². The zero-order valence-corrected chi connectivity index (χ0v) is 15.2. The fourth-order valence-electron chi connectivity index (χ4n) is 2.88. The topological polar surface area (TPSA) is 59.5 Å². The number of hydrogen-bond donors (Lipinski definition) is 0. The molecule has 128 valence electrons. The fourth-order valence-corrected chi connectivity index (χ4v) is 3.62. The number of thiazole rings is 1. The molecule has 0 aliphatic carbocycles. The number of fused-ring (bicyclic) bond motifs is 1. The van der Waals surface area contributed by atoms with Crippen LogP contribution in [0.3, 0.4) is 0 Å². The van der Waals surface area contributed by atoms with Crippen molar-refractivity contribution in [2.75, 3.05) is 7.05 Å². The summed E-state index contributed by atoms with van der Waals surface area (Å²) in [7, 11) is 2.05. The van der Waals surface area contributed by atoms with Gasteiger partial charge in [0.15, 0.2) is 10.8 Å². The van der Waals surface area contributed by atoms with Crippen LogP contribution in [0.2, 0.25) is 0 Å². The van der Waals surface area contributed by atoms with Crippen LogP contribution in [-0.2, 0) is 13.1 Å². The minimum Gasteiger partial charge on any atom is -0.340 e. The molecule has 3 aromatic heterocycles. The van der Waals surface area contributed by atoms with Gasteiger partial charge in [-0.2, -0.15) is 4.98 Å². The molecule has 0 spiro atoms. The Balaban J connectivity index is 1.66. The van der Waals surface area contributed by atoms with Crippen LogP contribution in [0.25, 0.3) is 16.2 Å². The first-order chi connectivity index (χ1) is 12.1. The predicted molar refractivity (Wildman–Crippen MR) is 97.4 cm³/mol. The lowest BCUT2D eigenvalue weighted by molar-refractivity contribution is 0.297. The van der Waals surface area contributed by atoms with E-state index in [-0.39, 0.29) is 0 Å². The Hall–Kier alpha value is -2.51. The van der Waals surface area contributed by atoms with Gasteiger partial charge >= 0.3 is 0 Å². The molecule has 4 rings (SSSR count). The number of hydrogen-bond acceptors (Lipinski definition) is 6. The molecule has 25 heavy (non-hydrogen) atoms. The zero-order valence-electron chi connectivity index (χ0n) is 14.4. The molecule has 6 nitrogen and oxygen atoms in total. The van der Waals surface area contributed by atoms with Crippen LogP contribution in [0.5, 0.6) is 0 Å². The Kier molecular flexibility index (Phi) is 4.10. The van der Waals surface area contributed by atoms with Gasteiger partial charge in [-0.15, -0.1) is 11.3 Å². The molecule has 7 heteroatoms. The van der Waals surface area contributed by atoms with E-state index >= 15 is 0 Å². The SMILES string of the molecule is Cc1ccc(-c2nc3sccn3c2CN(C)Cc2noc(C)n2)cc1. The Morgan fingerprint density at radius 3 is 2.64 bits per heavy atom. The van der Waals surface area contributed by atoms with Crippen LogP contribution < -0.4 is 0 Å². The largest absolute Gasteiger partial charge is 0.340 e. The molecule has 0 atom stereocenters. The lowest BCUT2D eigenvalue weighted by atomic mass is 10.1. The molecule has 0 bridgehead atoms. The van der Waals surface area contributed by atoms with Gasteiger partial charge in [0.1, 0.15) is 0 Å². The lowest BCUT2D eigenvalue weighted by Gasteiger charge is -2.15. The number of imidazole rings is 1. The molecule has 0 saturated carbocycles. The third-order valence-electron chi connectivity index (χ3n) is 4.09. The van der Waals surface area contributed by atoms with Gasteiger partial charge < -0.3 is 4.52 Å². The summed E-state index contributed by atoms with van der Waals surface area (Å²) in [6.07, 6.45) is 2.08. The lowest BCUT2D eigenvalue weighted by Crippen LogP contribution is -2.19. The first kappa shape index (κ1) is 16.0. The molecule has 0 unspecified atom stereocenters. The van der Waals surface area contributed by atoms with Gasteiger partial charge in [0.2, 0.25) is 5.89 Å². The predicted octanol–water partition coefficient (Wildman–Crippen LogP) is 3.69. The second kappa shape index (κ2) is 6.42.